The number of carbonyl (C=O) groups excluding carboxylic acids is 4. The van der Waals surface area contributed by atoms with E-state index >= 15 is 0 Å². The molecule has 0 spiro atoms. The number of hydrogen-bond donors (Lipinski definition) is 2. The Kier molecular flexibility index (Phi) is 11.6. The molecule has 0 radical (unpaired) electrons. The maximum absolute atomic E-state index is 12.9. The van der Waals surface area contributed by atoms with Crippen LogP contribution in [0.5, 0.6) is 0 Å². The molecule has 31 heavy (non-hydrogen) atoms. The molecule has 0 aromatic heterocycles. The van der Waals surface area contributed by atoms with Gasteiger partial charge in [-0.1, -0.05) is 34.1 Å². The molecule has 0 heterocycles. The van der Waals surface area contributed by atoms with Gasteiger partial charge in [0.25, 0.3) is 0 Å². The highest BCUT2D eigenvalue weighted by molar-refractivity contribution is 5.92. The van der Waals surface area contributed by atoms with Gasteiger partial charge >= 0.3 is 11.9 Å². The lowest BCUT2D eigenvalue weighted by Crippen LogP contribution is -2.49. The summed E-state index contributed by atoms with van der Waals surface area (Å²) in [5, 5.41) is 5.58. The van der Waals surface area contributed by atoms with Crippen molar-refractivity contribution < 1.29 is 28.7 Å². The molecule has 0 aliphatic heterocycles. The molecule has 0 unspecified atom stereocenters. The molecule has 1 aliphatic carbocycles. The normalized spacial score (nSPS) is 20.3. The third-order valence-electron chi connectivity index (χ3n) is 5.86. The first kappa shape index (κ1) is 26.9. The smallest absolute Gasteiger partial charge is 0.328 e. The van der Waals surface area contributed by atoms with Crippen LogP contribution in [0.15, 0.2) is 0 Å². The van der Waals surface area contributed by atoms with Gasteiger partial charge in [-0.3, -0.25) is 9.59 Å². The Labute approximate surface area is 186 Å². The first-order chi connectivity index (χ1) is 14.6. The summed E-state index contributed by atoms with van der Waals surface area (Å²) in [5.74, 6) is -1.88. The van der Waals surface area contributed by atoms with Crippen LogP contribution in [0.3, 0.4) is 0 Å². The zero-order chi connectivity index (χ0) is 23.6. The molecule has 0 saturated heterocycles. The Balaban J connectivity index is 2.81. The summed E-state index contributed by atoms with van der Waals surface area (Å²) in [6, 6.07) is -1.45. The van der Waals surface area contributed by atoms with Crippen molar-refractivity contribution in [2.75, 3.05) is 14.2 Å². The minimum absolute atomic E-state index is 0.311. The zero-order valence-corrected chi connectivity index (χ0v) is 19.9. The van der Waals surface area contributed by atoms with Crippen LogP contribution >= 0.6 is 0 Å². The van der Waals surface area contributed by atoms with Crippen molar-refractivity contribution in [1.29, 1.82) is 0 Å². The molecule has 0 bridgehead atoms. The molecule has 1 rings (SSSR count). The van der Waals surface area contributed by atoms with Crippen LogP contribution in [-0.2, 0) is 28.7 Å². The first-order valence-electron chi connectivity index (χ1n) is 11.4. The van der Waals surface area contributed by atoms with Crippen LogP contribution in [0.4, 0.5) is 0 Å². The van der Waals surface area contributed by atoms with E-state index in [1.807, 2.05) is 27.7 Å². The quantitative estimate of drug-likeness (QED) is 0.451. The molecule has 1 fully saturated rings. The summed E-state index contributed by atoms with van der Waals surface area (Å²) in [4.78, 5) is 50.1. The Morgan fingerprint density at radius 2 is 1.06 bits per heavy atom. The van der Waals surface area contributed by atoms with Crippen LogP contribution in [0, 0.1) is 23.7 Å². The number of rotatable bonds is 12. The average Bonchev–Trinajstić information content (AvgIpc) is 3.22. The van der Waals surface area contributed by atoms with Gasteiger partial charge in [-0.2, -0.15) is 0 Å². The highest BCUT2D eigenvalue weighted by Gasteiger charge is 2.40. The average molecular weight is 441 g/mol. The maximum atomic E-state index is 12.9. The van der Waals surface area contributed by atoms with E-state index in [2.05, 4.69) is 10.6 Å². The van der Waals surface area contributed by atoms with Crippen molar-refractivity contribution in [3.63, 3.8) is 0 Å². The Morgan fingerprint density at radius 1 is 0.710 bits per heavy atom. The predicted molar refractivity (Wildman–Crippen MR) is 117 cm³/mol. The second kappa shape index (κ2) is 13.3. The SMILES string of the molecule is COC(=O)[C@H](CCC(C)C)NC(=O)[C@H]1CCC[C@@H]1C(=O)N[C@@H](CCC(C)C)C(=O)OC. The Morgan fingerprint density at radius 3 is 1.35 bits per heavy atom. The van der Waals surface area contributed by atoms with Crippen LogP contribution < -0.4 is 10.6 Å². The van der Waals surface area contributed by atoms with Crippen molar-refractivity contribution in [2.24, 2.45) is 23.7 Å². The van der Waals surface area contributed by atoms with E-state index in [9.17, 15) is 19.2 Å². The summed E-state index contributed by atoms with van der Waals surface area (Å²) in [6.07, 6.45) is 4.38. The molecule has 2 N–H and O–H groups in total. The summed E-state index contributed by atoms with van der Waals surface area (Å²) in [7, 11) is 2.60. The van der Waals surface area contributed by atoms with Gasteiger partial charge in [-0.25, -0.2) is 9.59 Å². The summed E-state index contributed by atoms with van der Waals surface area (Å²) < 4.78 is 9.67. The van der Waals surface area contributed by atoms with Gasteiger partial charge < -0.3 is 20.1 Å². The van der Waals surface area contributed by atoms with Gasteiger partial charge in [-0.15, -0.1) is 0 Å². The minimum Gasteiger partial charge on any atom is -0.467 e. The number of carbonyl (C=O) groups is 4. The number of hydrogen-bond acceptors (Lipinski definition) is 6. The molecule has 8 heteroatoms. The third-order valence-corrected chi connectivity index (χ3v) is 5.86. The van der Waals surface area contributed by atoms with Gasteiger partial charge in [-0.05, 0) is 50.4 Å². The second-order valence-electron chi connectivity index (χ2n) is 9.25. The highest BCUT2D eigenvalue weighted by Crippen LogP contribution is 2.32. The van der Waals surface area contributed by atoms with Gasteiger partial charge in [0.1, 0.15) is 12.1 Å². The number of amides is 2. The lowest BCUT2D eigenvalue weighted by Gasteiger charge is -2.24. The Bertz CT molecular complexity index is 567. The van der Waals surface area contributed by atoms with E-state index < -0.39 is 35.9 Å². The molecule has 0 aromatic rings. The molecule has 1 aliphatic rings. The molecule has 178 valence electrons. The van der Waals surface area contributed by atoms with Crippen molar-refractivity contribution in [3.05, 3.63) is 0 Å². The number of ether oxygens (including phenoxy) is 2. The fourth-order valence-electron chi connectivity index (χ4n) is 3.93. The monoisotopic (exact) mass is 440 g/mol. The third kappa shape index (κ3) is 8.87. The molecule has 1 saturated carbocycles. The van der Waals surface area contributed by atoms with Crippen molar-refractivity contribution in [1.82, 2.24) is 10.6 Å². The van der Waals surface area contributed by atoms with Crippen LogP contribution in [0.1, 0.15) is 72.6 Å². The molecule has 2 amide bonds. The fourth-order valence-corrected chi connectivity index (χ4v) is 3.93. The van der Waals surface area contributed by atoms with Crippen molar-refractivity contribution >= 4 is 23.8 Å². The molecule has 4 atom stereocenters. The summed E-state index contributed by atoms with van der Waals surface area (Å²) in [5.41, 5.74) is 0. The summed E-state index contributed by atoms with van der Waals surface area (Å²) in [6.45, 7) is 8.18. The Hall–Kier alpha value is -2.12. The van der Waals surface area contributed by atoms with Crippen molar-refractivity contribution in [2.45, 2.75) is 84.7 Å². The van der Waals surface area contributed by atoms with E-state index in [4.69, 9.17) is 9.47 Å². The van der Waals surface area contributed by atoms with E-state index in [0.29, 0.717) is 37.5 Å². The lowest BCUT2D eigenvalue weighted by atomic mass is 9.92. The fraction of sp³-hybridized carbons (Fsp3) is 0.826. The van der Waals surface area contributed by atoms with E-state index in [-0.39, 0.29) is 11.8 Å². The van der Waals surface area contributed by atoms with Crippen LogP contribution in [0.25, 0.3) is 0 Å². The lowest BCUT2D eigenvalue weighted by molar-refractivity contribution is -0.147. The number of methoxy groups -OCH3 is 2. The maximum Gasteiger partial charge on any atom is 0.328 e. The van der Waals surface area contributed by atoms with Crippen molar-refractivity contribution in [3.8, 4) is 0 Å². The van der Waals surface area contributed by atoms with Gasteiger partial charge in [0.15, 0.2) is 0 Å². The molecule has 0 aromatic carbocycles. The summed E-state index contributed by atoms with van der Waals surface area (Å²) >= 11 is 0. The second-order valence-corrected chi connectivity index (χ2v) is 9.25. The number of nitrogens with one attached hydrogen (secondary N) is 2. The van der Waals surface area contributed by atoms with Crippen LogP contribution in [-0.4, -0.2) is 50.1 Å². The van der Waals surface area contributed by atoms with E-state index in [0.717, 1.165) is 19.3 Å². The van der Waals surface area contributed by atoms with Gasteiger partial charge in [0.05, 0.1) is 14.2 Å². The molecular weight excluding hydrogens is 400 g/mol. The molecular formula is C23H40N2O6. The zero-order valence-electron chi connectivity index (χ0n) is 19.9. The highest BCUT2D eigenvalue weighted by atomic mass is 16.5. The standard InChI is InChI=1S/C23H40N2O6/c1-14(2)10-12-18(22(28)30-5)24-20(26)16-8-7-9-17(16)21(27)25-19(23(29)31-6)13-11-15(3)4/h14-19H,7-13H2,1-6H3,(H,24,26)(H,25,27)/t16-,17-,18-,19-/m0/s1. The predicted octanol–water partition coefficient (Wildman–Crippen LogP) is 2.59. The van der Waals surface area contributed by atoms with Gasteiger partial charge in [0.2, 0.25) is 11.8 Å². The largest absolute Gasteiger partial charge is 0.467 e. The first-order valence-corrected chi connectivity index (χ1v) is 11.4. The van der Waals surface area contributed by atoms with E-state index in [1.54, 1.807) is 0 Å². The number of esters is 2. The topological polar surface area (TPSA) is 111 Å². The van der Waals surface area contributed by atoms with Gasteiger partial charge in [0, 0.05) is 11.8 Å². The van der Waals surface area contributed by atoms with Crippen LogP contribution in [0.2, 0.25) is 0 Å². The minimum atomic E-state index is -0.724. The molecule has 8 nitrogen and oxygen atoms in total. The van der Waals surface area contributed by atoms with E-state index in [1.165, 1.54) is 14.2 Å².